The predicted molar refractivity (Wildman–Crippen MR) is 45.0 cm³/mol. The first kappa shape index (κ1) is 9.78. The third-order valence-corrected chi connectivity index (χ3v) is 2.09. The van der Waals surface area contributed by atoms with Crippen LogP contribution in [0, 0.1) is 0 Å². The van der Waals surface area contributed by atoms with Gasteiger partial charge in [0.25, 0.3) is 0 Å². The summed E-state index contributed by atoms with van der Waals surface area (Å²) >= 11 is 1.67. The zero-order valence-corrected chi connectivity index (χ0v) is 7.20. The van der Waals surface area contributed by atoms with Gasteiger partial charge in [-0.05, 0) is 5.75 Å². The molecule has 3 nitrogen and oxygen atoms in total. The third-order valence-electron chi connectivity index (χ3n) is 1.08. The van der Waals surface area contributed by atoms with Gasteiger partial charge in [0.05, 0.1) is 6.04 Å². The molecule has 0 radical (unpaired) electrons. The number of rotatable bonds is 4. The Balaban J connectivity index is 3.41. The largest absolute Gasteiger partial charge is 0.358 e. The van der Waals surface area contributed by atoms with E-state index >= 15 is 0 Å². The van der Waals surface area contributed by atoms with Crippen molar-refractivity contribution in [2.24, 2.45) is 5.73 Å². The van der Waals surface area contributed by atoms with Crippen molar-refractivity contribution in [3.63, 3.8) is 0 Å². The van der Waals surface area contributed by atoms with Crippen molar-refractivity contribution in [3.8, 4) is 0 Å². The second kappa shape index (κ2) is 5.56. The van der Waals surface area contributed by atoms with Crippen molar-refractivity contribution < 1.29 is 4.79 Å². The monoisotopic (exact) mass is 162 g/mol. The van der Waals surface area contributed by atoms with Gasteiger partial charge in [-0.1, -0.05) is 6.92 Å². The number of carbonyl (C=O) groups is 1. The molecule has 0 aliphatic heterocycles. The molecule has 0 aromatic carbocycles. The summed E-state index contributed by atoms with van der Waals surface area (Å²) in [7, 11) is 1.60. The summed E-state index contributed by atoms with van der Waals surface area (Å²) in [4.78, 5) is 10.8. The molecular weight excluding hydrogens is 148 g/mol. The van der Waals surface area contributed by atoms with E-state index in [1.54, 1.807) is 18.8 Å². The van der Waals surface area contributed by atoms with Gasteiger partial charge in [-0.25, -0.2) is 0 Å². The van der Waals surface area contributed by atoms with Crippen LogP contribution in [0.4, 0.5) is 0 Å². The Bertz CT molecular complexity index is 108. The highest BCUT2D eigenvalue weighted by Crippen LogP contribution is 1.99. The summed E-state index contributed by atoms with van der Waals surface area (Å²) in [5, 5.41) is 2.50. The number of carbonyl (C=O) groups excluding carboxylic acids is 1. The lowest BCUT2D eigenvalue weighted by molar-refractivity contribution is -0.121. The molecule has 0 heterocycles. The highest BCUT2D eigenvalue weighted by atomic mass is 32.2. The Morgan fingerprint density at radius 1 is 1.80 bits per heavy atom. The Morgan fingerprint density at radius 2 is 2.40 bits per heavy atom. The molecule has 0 saturated carbocycles. The SMILES string of the molecule is CCSC[C@H](N)C(=O)NC. The van der Waals surface area contributed by atoms with E-state index in [0.29, 0.717) is 5.75 Å². The van der Waals surface area contributed by atoms with Crippen molar-refractivity contribution >= 4 is 17.7 Å². The summed E-state index contributed by atoms with van der Waals surface area (Å²) in [6.45, 7) is 2.04. The summed E-state index contributed by atoms with van der Waals surface area (Å²) < 4.78 is 0. The first-order valence-corrected chi connectivity index (χ1v) is 4.42. The van der Waals surface area contributed by atoms with Crippen LogP contribution >= 0.6 is 11.8 Å². The van der Waals surface area contributed by atoms with E-state index in [0.717, 1.165) is 5.75 Å². The fourth-order valence-electron chi connectivity index (χ4n) is 0.506. The number of hydrogen-bond donors (Lipinski definition) is 2. The van der Waals surface area contributed by atoms with Gasteiger partial charge in [0.15, 0.2) is 0 Å². The average molecular weight is 162 g/mol. The second-order valence-electron chi connectivity index (χ2n) is 1.88. The number of nitrogens with one attached hydrogen (secondary N) is 1. The fourth-order valence-corrected chi connectivity index (χ4v) is 1.15. The van der Waals surface area contributed by atoms with Gasteiger partial charge < -0.3 is 11.1 Å². The lowest BCUT2D eigenvalue weighted by atomic mass is 10.3. The lowest BCUT2D eigenvalue weighted by Gasteiger charge is -2.07. The van der Waals surface area contributed by atoms with E-state index in [-0.39, 0.29) is 11.9 Å². The van der Waals surface area contributed by atoms with Crippen LogP contribution in [-0.2, 0) is 4.79 Å². The van der Waals surface area contributed by atoms with Crippen LogP contribution in [-0.4, -0.2) is 30.5 Å². The van der Waals surface area contributed by atoms with Gasteiger partial charge in [0.1, 0.15) is 0 Å². The maximum absolute atomic E-state index is 10.8. The van der Waals surface area contributed by atoms with Crippen molar-refractivity contribution in [1.29, 1.82) is 0 Å². The van der Waals surface area contributed by atoms with Crippen LogP contribution in [0.1, 0.15) is 6.92 Å². The summed E-state index contributed by atoms with van der Waals surface area (Å²) in [5.41, 5.74) is 5.48. The summed E-state index contributed by atoms with van der Waals surface area (Å²) in [6.07, 6.45) is 0. The maximum Gasteiger partial charge on any atom is 0.237 e. The number of amides is 1. The Labute approximate surface area is 65.7 Å². The van der Waals surface area contributed by atoms with Crippen LogP contribution < -0.4 is 11.1 Å². The zero-order valence-electron chi connectivity index (χ0n) is 6.39. The first-order chi connectivity index (χ1) is 4.72. The number of nitrogens with two attached hydrogens (primary N) is 1. The third kappa shape index (κ3) is 3.74. The minimum atomic E-state index is -0.352. The Morgan fingerprint density at radius 3 is 2.80 bits per heavy atom. The molecule has 4 heteroatoms. The molecule has 0 aromatic heterocycles. The second-order valence-corrected chi connectivity index (χ2v) is 3.20. The topological polar surface area (TPSA) is 55.1 Å². The van der Waals surface area contributed by atoms with E-state index in [1.165, 1.54) is 0 Å². The molecule has 3 N–H and O–H groups in total. The standard InChI is InChI=1S/C6H14N2OS/c1-3-10-4-5(7)6(9)8-2/h5H,3-4,7H2,1-2H3,(H,8,9)/t5-/m0/s1. The first-order valence-electron chi connectivity index (χ1n) is 3.27. The van der Waals surface area contributed by atoms with Gasteiger partial charge in [-0.15, -0.1) is 0 Å². The molecule has 0 fully saturated rings. The summed E-state index contributed by atoms with van der Waals surface area (Å²) in [6, 6.07) is -0.352. The minimum absolute atomic E-state index is 0.0825. The van der Waals surface area contributed by atoms with Crippen LogP contribution in [0.15, 0.2) is 0 Å². The van der Waals surface area contributed by atoms with Crippen LogP contribution in [0.25, 0.3) is 0 Å². The van der Waals surface area contributed by atoms with Gasteiger partial charge >= 0.3 is 0 Å². The molecule has 0 unspecified atom stereocenters. The number of thioether (sulfide) groups is 1. The van der Waals surface area contributed by atoms with Crippen molar-refractivity contribution in [2.75, 3.05) is 18.6 Å². The number of likely N-dealkylation sites (N-methyl/N-ethyl adjacent to an activating group) is 1. The van der Waals surface area contributed by atoms with Crippen molar-refractivity contribution in [3.05, 3.63) is 0 Å². The molecule has 0 saturated heterocycles. The molecule has 0 aliphatic carbocycles. The van der Waals surface area contributed by atoms with Crippen molar-refractivity contribution in [2.45, 2.75) is 13.0 Å². The number of hydrogen-bond acceptors (Lipinski definition) is 3. The van der Waals surface area contributed by atoms with E-state index in [2.05, 4.69) is 5.32 Å². The molecule has 1 atom stereocenters. The van der Waals surface area contributed by atoms with E-state index in [9.17, 15) is 4.79 Å². The highest BCUT2D eigenvalue weighted by Gasteiger charge is 2.09. The summed E-state index contributed by atoms with van der Waals surface area (Å²) in [5.74, 6) is 1.63. The maximum atomic E-state index is 10.8. The van der Waals surface area contributed by atoms with Crippen LogP contribution in [0.5, 0.6) is 0 Å². The van der Waals surface area contributed by atoms with Gasteiger partial charge in [-0.2, -0.15) is 11.8 Å². The lowest BCUT2D eigenvalue weighted by Crippen LogP contribution is -2.40. The van der Waals surface area contributed by atoms with Crippen LogP contribution in [0.3, 0.4) is 0 Å². The van der Waals surface area contributed by atoms with E-state index < -0.39 is 0 Å². The molecule has 0 rings (SSSR count). The average Bonchev–Trinajstić information content (AvgIpc) is 1.98. The quantitative estimate of drug-likeness (QED) is 0.602. The molecule has 60 valence electrons. The zero-order chi connectivity index (χ0) is 7.98. The molecule has 1 amide bonds. The fraction of sp³-hybridized carbons (Fsp3) is 0.833. The van der Waals surface area contributed by atoms with Gasteiger partial charge in [-0.3, -0.25) is 4.79 Å². The minimum Gasteiger partial charge on any atom is -0.358 e. The molecule has 0 spiro atoms. The molecule has 0 aromatic rings. The van der Waals surface area contributed by atoms with E-state index in [1.807, 2.05) is 6.92 Å². The highest BCUT2D eigenvalue weighted by molar-refractivity contribution is 7.99. The Hall–Kier alpha value is -0.220. The molecule has 0 bridgehead atoms. The van der Waals surface area contributed by atoms with Crippen molar-refractivity contribution in [1.82, 2.24) is 5.32 Å². The van der Waals surface area contributed by atoms with Gasteiger partial charge in [0, 0.05) is 12.8 Å². The normalized spacial score (nSPS) is 12.7. The molecule has 10 heavy (non-hydrogen) atoms. The van der Waals surface area contributed by atoms with E-state index in [4.69, 9.17) is 5.73 Å². The smallest absolute Gasteiger partial charge is 0.237 e. The van der Waals surface area contributed by atoms with Gasteiger partial charge in [0.2, 0.25) is 5.91 Å². The van der Waals surface area contributed by atoms with Crippen LogP contribution in [0.2, 0.25) is 0 Å². The Kier molecular flexibility index (Phi) is 5.43. The predicted octanol–water partition coefficient (Wildman–Crippen LogP) is -0.187. The molecular formula is C6H14N2OS. The molecule has 0 aliphatic rings.